The first-order valence-electron chi connectivity index (χ1n) is 5.27. The molecule has 0 unspecified atom stereocenters. The van der Waals surface area contributed by atoms with Crippen LogP contribution in [0.1, 0.15) is 37.0 Å². The highest BCUT2D eigenvalue weighted by Crippen LogP contribution is 2.19. The van der Waals surface area contributed by atoms with Gasteiger partial charge in [0.15, 0.2) is 0 Å². The summed E-state index contributed by atoms with van der Waals surface area (Å²) in [5.74, 6) is 0.135. The maximum atomic E-state index is 11.3. The first-order chi connectivity index (χ1) is 7.63. The van der Waals surface area contributed by atoms with E-state index >= 15 is 0 Å². The van der Waals surface area contributed by atoms with Gasteiger partial charge in [0, 0.05) is 0 Å². The maximum Gasteiger partial charge on any atom is 0.369 e. The average Bonchev–Trinajstić information content (AvgIpc) is 2.66. The minimum atomic E-state index is -0.446. The Labute approximate surface area is 98.8 Å². The summed E-state index contributed by atoms with van der Waals surface area (Å²) < 4.78 is 10.2. The van der Waals surface area contributed by atoms with Gasteiger partial charge in [0.1, 0.15) is 0 Å². The Balaban J connectivity index is 2.42. The Bertz CT molecular complexity index is 339. The minimum Gasteiger partial charge on any atom is -0.469 e. The molecule has 90 valence electrons. The predicted octanol–water partition coefficient (Wildman–Crippen LogP) is 2.14. The Kier molecular flexibility index (Phi) is 5.18. The third kappa shape index (κ3) is 4.14. The second kappa shape index (κ2) is 6.42. The highest BCUT2D eigenvalue weighted by molar-refractivity contribution is 7.14. The second-order valence-electron chi connectivity index (χ2n) is 3.62. The van der Waals surface area contributed by atoms with Crippen molar-refractivity contribution in [2.24, 2.45) is 5.92 Å². The molecular formula is C10H16N2O3S. The monoisotopic (exact) mass is 244 g/mol. The fraction of sp³-hybridized carbons (Fsp3) is 0.700. The van der Waals surface area contributed by atoms with Gasteiger partial charge < -0.3 is 9.47 Å². The highest BCUT2D eigenvalue weighted by atomic mass is 32.1. The van der Waals surface area contributed by atoms with Gasteiger partial charge in [-0.3, -0.25) is 0 Å². The molecule has 1 heterocycles. The molecule has 0 aliphatic carbocycles. The third-order valence-corrected chi connectivity index (χ3v) is 2.59. The fourth-order valence-electron chi connectivity index (χ4n) is 0.925. The standard InChI is InChI=1S/C10H16N2O3S/c1-4-14-9(13)8-11-12-10(16-8)15-6-5-7(2)3/h7H,4-6H2,1-3H3. The van der Waals surface area contributed by atoms with Gasteiger partial charge in [0.05, 0.1) is 13.2 Å². The molecule has 0 saturated heterocycles. The average molecular weight is 244 g/mol. The lowest BCUT2D eigenvalue weighted by atomic mass is 10.1. The molecule has 0 aliphatic heterocycles. The summed E-state index contributed by atoms with van der Waals surface area (Å²) in [5, 5.41) is 8.12. The number of ether oxygens (including phenoxy) is 2. The molecule has 0 radical (unpaired) electrons. The van der Waals surface area contributed by atoms with Crippen molar-refractivity contribution in [3.05, 3.63) is 5.01 Å². The van der Waals surface area contributed by atoms with E-state index in [0.29, 0.717) is 24.3 Å². The van der Waals surface area contributed by atoms with E-state index in [9.17, 15) is 4.79 Å². The van der Waals surface area contributed by atoms with Crippen molar-refractivity contribution >= 4 is 17.3 Å². The van der Waals surface area contributed by atoms with Crippen molar-refractivity contribution in [3.63, 3.8) is 0 Å². The molecule has 0 fully saturated rings. The summed E-state index contributed by atoms with van der Waals surface area (Å²) in [5.41, 5.74) is 0. The molecule has 1 aromatic rings. The number of hydrogen-bond donors (Lipinski definition) is 0. The Morgan fingerprint density at radius 2 is 2.19 bits per heavy atom. The lowest BCUT2D eigenvalue weighted by Gasteiger charge is -2.03. The summed E-state index contributed by atoms with van der Waals surface area (Å²) in [6.45, 7) is 6.91. The topological polar surface area (TPSA) is 61.3 Å². The summed E-state index contributed by atoms with van der Waals surface area (Å²) in [6, 6.07) is 0. The van der Waals surface area contributed by atoms with E-state index in [1.807, 2.05) is 0 Å². The lowest BCUT2D eigenvalue weighted by Crippen LogP contribution is -2.03. The van der Waals surface area contributed by atoms with Crippen LogP contribution in [0.25, 0.3) is 0 Å². The summed E-state index contributed by atoms with van der Waals surface area (Å²) in [6.07, 6.45) is 0.953. The number of aromatic nitrogens is 2. The zero-order valence-corrected chi connectivity index (χ0v) is 10.5. The van der Waals surface area contributed by atoms with Gasteiger partial charge in [-0.25, -0.2) is 4.79 Å². The van der Waals surface area contributed by atoms with Gasteiger partial charge in [-0.2, -0.15) is 0 Å². The molecule has 16 heavy (non-hydrogen) atoms. The van der Waals surface area contributed by atoms with Crippen molar-refractivity contribution in [2.75, 3.05) is 13.2 Å². The molecule has 0 aliphatic rings. The normalized spacial score (nSPS) is 10.5. The second-order valence-corrected chi connectivity index (χ2v) is 4.56. The maximum absolute atomic E-state index is 11.3. The molecule has 1 rings (SSSR count). The van der Waals surface area contributed by atoms with Gasteiger partial charge in [0.2, 0.25) is 5.01 Å². The zero-order valence-electron chi connectivity index (χ0n) is 9.73. The van der Waals surface area contributed by atoms with E-state index < -0.39 is 5.97 Å². The Hall–Kier alpha value is -1.17. The van der Waals surface area contributed by atoms with Crippen LogP contribution in [0.3, 0.4) is 0 Å². The SMILES string of the molecule is CCOC(=O)c1nnc(OCCC(C)C)s1. The molecule has 5 nitrogen and oxygen atoms in total. The van der Waals surface area contributed by atoms with E-state index in [1.165, 1.54) is 0 Å². The molecule has 0 atom stereocenters. The van der Waals surface area contributed by atoms with E-state index in [0.717, 1.165) is 17.8 Å². The molecule has 0 spiro atoms. The van der Waals surface area contributed by atoms with Crippen LogP contribution in [0.4, 0.5) is 0 Å². The third-order valence-electron chi connectivity index (χ3n) is 1.78. The van der Waals surface area contributed by atoms with E-state index in [2.05, 4.69) is 24.0 Å². The Morgan fingerprint density at radius 1 is 1.44 bits per heavy atom. The Morgan fingerprint density at radius 3 is 2.81 bits per heavy atom. The first kappa shape index (κ1) is 12.9. The van der Waals surface area contributed by atoms with E-state index in [4.69, 9.17) is 9.47 Å². The van der Waals surface area contributed by atoms with Gasteiger partial charge >= 0.3 is 5.97 Å². The van der Waals surface area contributed by atoms with Crippen molar-refractivity contribution in [2.45, 2.75) is 27.2 Å². The summed E-state index contributed by atoms with van der Waals surface area (Å²) >= 11 is 1.11. The summed E-state index contributed by atoms with van der Waals surface area (Å²) in [4.78, 5) is 11.3. The van der Waals surface area contributed by atoms with Crippen LogP contribution in [-0.4, -0.2) is 29.4 Å². The number of nitrogens with zero attached hydrogens (tertiary/aromatic N) is 2. The fourth-order valence-corrected chi connectivity index (χ4v) is 1.54. The molecule has 0 amide bonds. The van der Waals surface area contributed by atoms with Crippen LogP contribution < -0.4 is 4.74 Å². The number of carbonyl (C=O) groups is 1. The number of carbonyl (C=O) groups excluding carboxylic acids is 1. The van der Waals surface area contributed by atoms with Crippen LogP contribution in [0.2, 0.25) is 0 Å². The number of rotatable bonds is 6. The summed E-state index contributed by atoms with van der Waals surface area (Å²) in [7, 11) is 0. The van der Waals surface area contributed by atoms with E-state index in [1.54, 1.807) is 6.92 Å². The van der Waals surface area contributed by atoms with Crippen LogP contribution in [0.15, 0.2) is 0 Å². The smallest absolute Gasteiger partial charge is 0.369 e. The first-order valence-corrected chi connectivity index (χ1v) is 6.08. The van der Waals surface area contributed by atoms with Crippen molar-refractivity contribution < 1.29 is 14.3 Å². The molecule has 0 saturated carbocycles. The molecular weight excluding hydrogens is 228 g/mol. The molecule has 0 N–H and O–H groups in total. The molecule has 0 aromatic carbocycles. The van der Waals surface area contributed by atoms with Crippen molar-refractivity contribution in [1.29, 1.82) is 0 Å². The van der Waals surface area contributed by atoms with Crippen molar-refractivity contribution in [1.82, 2.24) is 10.2 Å². The minimum absolute atomic E-state index is 0.237. The number of esters is 1. The highest BCUT2D eigenvalue weighted by Gasteiger charge is 2.14. The predicted molar refractivity (Wildman–Crippen MR) is 60.8 cm³/mol. The van der Waals surface area contributed by atoms with Crippen molar-refractivity contribution in [3.8, 4) is 5.19 Å². The molecule has 6 heteroatoms. The van der Waals surface area contributed by atoms with Gasteiger partial charge in [0.25, 0.3) is 5.19 Å². The molecule has 0 bridgehead atoms. The van der Waals surface area contributed by atoms with Crippen LogP contribution in [0.5, 0.6) is 5.19 Å². The van der Waals surface area contributed by atoms with Gasteiger partial charge in [-0.05, 0) is 30.6 Å². The van der Waals surface area contributed by atoms with Gasteiger partial charge in [-0.1, -0.05) is 18.9 Å². The van der Waals surface area contributed by atoms with Gasteiger partial charge in [-0.15, -0.1) is 5.10 Å². The quantitative estimate of drug-likeness (QED) is 0.717. The van der Waals surface area contributed by atoms with Crippen LogP contribution in [-0.2, 0) is 4.74 Å². The largest absolute Gasteiger partial charge is 0.469 e. The lowest BCUT2D eigenvalue weighted by molar-refractivity contribution is 0.0525. The molecule has 1 aromatic heterocycles. The van der Waals surface area contributed by atoms with E-state index in [-0.39, 0.29) is 5.01 Å². The van der Waals surface area contributed by atoms with Crippen LogP contribution in [0, 0.1) is 5.92 Å². The van der Waals surface area contributed by atoms with Crippen LogP contribution >= 0.6 is 11.3 Å². The number of hydrogen-bond acceptors (Lipinski definition) is 6. The zero-order chi connectivity index (χ0) is 12.0.